The first kappa shape index (κ1) is 25.7. The number of hydrogen-bond acceptors (Lipinski definition) is 1. The monoisotopic (exact) mass is 551 g/mol. The second kappa shape index (κ2) is 10.3. The lowest BCUT2D eigenvalue weighted by Crippen LogP contribution is -2.03. The Kier molecular flexibility index (Phi) is 6.32. The molecule has 0 saturated carbocycles. The zero-order valence-corrected chi connectivity index (χ0v) is 22.4. The molecule has 0 aliphatic heterocycles. The summed E-state index contributed by atoms with van der Waals surface area (Å²) >= 11 is 0. The highest BCUT2D eigenvalue weighted by Gasteiger charge is 2.29. The lowest BCUT2D eigenvalue weighted by Gasteiger charge is -2.10. The van der Waals surface area contributed by atoms with E-state index in [-0.39, 0.29) is 0 Å². The molecule has 0 fully saturated rings. The van der Waals surface area contributed by atoms with Gasteiger partial charge in [-0.05, 0) is 80.0 Å². The predicted octanol–water partition coefficient (Wildman–Crippen LogP) is 11.1. The van der Waals surface area contributed by atoms with Gasteiger partial charge in [0.05, 0.1) is 11.1 Å². The van der Waals surface area contributed by atoms with Gasteiger partial charge in [0.25, 0.3) is 0 Å². The third kappa shape index (κ3) is 4.92. The van der Waals surface area contributed by atoms with E-state index in [9.17, 15) is 13.2 Å². The molecule has 0 saturated heterocycles. The maximum absolute atomic E-state index is 12.9. The maximum atomic E-state index is 12.9. The smallest absolute Gasteiger partial charge is 0.256 e. The topological polar surface area (TPSA) is 12.9 Å². The summed E-state index contributed by atoms with van der Waals surface area (Å²) < 4.78 is 38.7. The minimum atomic E-state index is -4.33. The largest absolute Gasteiger partial charge is 0.416 e. The van der Waals surface area contributed by atoms with Crippen molar-refractivity contribution in [3.05, 3.63) is 151 Å². The van der Waals surface area contributed by atoms with Crippen LogP contribution in [0.15, 0.2) is 146 Å². The van der Waals surface area contributed by atoms with Crippen LogP contribution in [-0.4, -0.2) is 4.98 Å². The van der Waals surface area contributed by atoms with Crippen LogP contribution in [0.5, 0.6) is 0 Å². The van der Waals surface area contributed by atoms with Crippen LogP contribution >= 0.6 is 0 Å². The number of halogens is 3. The first-order valence-electron chi connectivity index (χ1n) is 13.7. The first-order valence-corrected chi connectivity index (χ1v) is 13.7. The van der Waals surface area contributed by atoms with Crippen molar-refractivity contribution >= 4 is 21.7 Å². The van der Waals surface area contributed by atoms with E-state index < -0.39 is 11.7 Å². The van der Waals surface area contributed by atoms with E-state index in [4.69, 9.17) is 0 Å². The fourth-order valence-electron chi connectivity index (χ4n) is 5.49. The van der Waals surface area contributed by atoms with E-state index in [0.29, 0.717) is 0 Å². The summed E-state index contributed by atoms with van der Waals surface area (Å²) in [5.41, 5.74) is 8.69. The third-order valence-electron chi connectivity index (χ3n) is 7.77. The number of para-hydroxylation sites is 1. The van der Waals surface area contributed by atoms with Crippen molar-refractivity contribution in [2.75, 3.05) is 0 Å². The second-order valence-electron chi connectivity index (χ2n) is 10.4. The Labute approximate surface area is 241 Å². The van der Waals surface area contributed by atoms with Gasteiger partial charge in [-0.3, -0.25) is 4.98 Å². The lowest BCUT2D eigenvalue weighted by atomic mass is 9.95. The first-order chi connectivity index (χ1) is 20.4. The van der Waals surface area contributed by atoms with Crippen LogP contribution in [0.3, 0.4) is 0 Å². The van der Waals surface area contributed by atoms with Gasteiger partial charge in [0.1, 0.15) is 0 Å². The molecular weight excluding hydrogens is 527 g/mol. The number of rotatable bonds is 4. The molecule has 7 rings (SSSR count). The molecule has 0 aliphatic carbocycles. The highest BCUT2D eigenvalue weighted by molar-refractivity contribution is 5.94. The van der Waals surface area contributed by atoms with E-state index in [2.05, 4.69) is 89.9 Å². The zero-order chi connectivity index (χ0) is 28.7. The Morgan fingerprint density at radius 3 is 1.40 bits per heavy atom. The van der Waals surface area contributed by atoms with Crippen LogP contribution in [0.25, 0.3) is 66.2 Å². The summed E-state index contributed by atoms with van der Waals surface area (Å²) in [5, 5.41) is 3.42. The van der Waals surface area contributed by atoms with Crippen LogP contribution in [0, 0.1) is 0 Å². The highest BCUT2D eigenvalue weighted by atomic mass is 19.4. The normalized spacial score (nSPS) is 11.7. The summed E-state index contributed by atoms with van der Waals surface area (Å²) in [5.74, 6) is 0. The van der Waals surface area contributed by atoms with Crippen molar-refractivity contribution in [3.63, 3.8) is 0 Å². The molecule has 1 nitrogen and oxygen atoms in total. The molecule has 0 spiro atoms. The van der Waals surface area contributed by atoms with E-state index in [1.165, 1.54) is 12.1 Å². The fraction of sp³-hybridized carbons (Fsp3) is 0.0263. The molecule has 0 bridgehead atoms. The highest BCUT2D eigenvalue weighted by Crippen LogP contribution is 2.34. The van der Waals surface area contributed by atoms with E-state index in [0.717, 1.165) is 78.3 Å². The average molecular weight is 552 g/mol. The number of aromatic nitrogens is 1. The molecule has 0 N–H and O–H groups in total. The van der Waals surface area contributed by atoms with E-state index in [1.807, 2.05) is 36.5 Å². The van der Waals surface area contributed by atoms with Gasteiger partial charge in [0.2, 0.25) is 0 Å². The molecule has 1 aromatic heterocycles. The summed E-state index contributed by atoms with van der Waals surface area (Å²) in [6.45, 7) is 0. The minimum Gasteiger partial charge on any atom is -0.256 e. The van der Waals surface area contributed by atoms with E-state index in [1.54, 1.807) is 0 Å². The van der Waals surface area contributed by atoms with Gasteiger partial charge >= 0.3 is 6.18 Å². The van der Waals surface area contributed by atoms with Gasteiger partial charge in [-0.1, -0.05) is 109 Å². The molecule has 1 heterocycles. The summed E-state index contributed by atoms with van der Waals surface area (Å²) in [6.07, 6.45) is -2.50. The number of pyridine rings is 1. The van der Waals surface area contributed by atoms with Crippen molar-refractivity contribution in [2.24, 2.45) is 0 Å². The van der Waals surface area contributed by atoms with Gasteiger partial charge in [-0.2, -0.15) is 13.2 Å². The maximum Gasteiger partial charge on any atom is 0.416 e. The van der Waals surface area contributed by atoms with E-state index >= 15 is 0 Å². The Hall–Kier alpha value is -5.22. The van der Waals surface area contributed by atoms with Crippen molar-refractivity contribution in [3.8, 4) is 44.5 Å². The molecular formula is C38H24F3N. The van der Waals surface area contributed by atoms with Crippen LogP contribution in [0.4, 0.5) is 13.2 Å². The molecule has 0 unspecified atom stereocenters. The second-order valence-corrected chi connectivity index (χ2v) is 10.4. The van der Waals surface area contributed by atoms with Crippen molar-refractivity contribution in [1.82, 2.24) is 4.98 Å². The van der Waals surface area contributed by atoms with Crippen molar-refractivity contribution in [1.29, 1.82) is 0 Å². The molecule has 42 heavy (non-hydrogen) atoms. The molecule has 4 heteroatoms. The Morgan fingerprint density at radius 2 is 0.857 bits per heavy atom. The molecule has 202 valence electrons. The molecule has 7 aromatic rings. The van der Waals surface area contributed by atoms with Crippen LogP contribution in [-0.2, 0) is 6.18 Å². The van der Waals surface area contributed by atoms with Gasteiger partial charge in [0.15, 0.2) is 0 Å². The van der Waals surface area contributed by atoms with Crippen molar-refractivity contribution < 1.29 is 13.2 Å². The standard InChI is InChI=1S/C38H24F3N/c39-38(40,41)35-20-18-26(19-21-35)25-6-8-27(9-7-25)31-14-16-34-24-32(15-17-33(34)23-31)28-10-12-29(13-11-28)36-5-1-3-30-4-2-22-42-37(30)36/h1-24H. The minimum absolute atomic E-state index is 0.641. The number of hydrogen-bond donors (Lipinski definition) is 0. The van der Waals surface area contributed by atoms with Gasteiger partial charge in [0, 0.05) is 17.1 Å². The number of benzene rings is 6. The summed E-state index contributed by atoms with van der Waals surface area (Å²) in [6, 6.07) is 45.0. The number of fused-ring (bicyclic) bond motifs is 2. The molecule has 0 aliphatic rings. The summed E-state index contributed by atoms with van der Waals surface area (Å²) in [4.78, 5) is 4.60. The molecule has 0 radical (unpaired) electrons. The predicted molar refractivity (Wildman–Crippen MR) is 166 cm³/mol. The Morgan fingerprint density at radius 1 is 0.405 bits per heavy atom. The fourth-order valence-corrected chi connectivity index (χ4v) is 5.49. The number of nitrogens with zero attached hydrogens (tertiary/aromatic N) is 1. The van der Waals surface area contributed by atoms with Gasteiger partial charge in [-0.25, -0.2) is 0 Å². The van der Waals surface area contributed by atoms with Crippen LogP contribution in [0.2, 0.25) is 0 Å². The molecule has 0 amide bonds. The molecule has 6 aromatic carbocycles. The van der Waals surface area contributed by atoms with Crippen LogP contribution in [0.1, 0.15) is 5.56 Å². The summed E-state index contributed by atoms with van der Waals surface area (Å²) in [7, 11) is 0. The van der Waals surface area contributed by atoms with Crippen molar-refractivity contribution in [2.45, 2.75) is 6.18 Å². The number of alkyl halides is 3. The van der Waals surface area contributed by atoms with Gasteiger partial charge in [-0.15, -0.1) is 0 Å². The quantitative estimate of drug-likeness (QED) is 0.212. The van der Waals surface area contributed by atoms with Crippen LogP contribution < -0.4 is 0 Å². The Bertz CT molecular complexity index is 2030. The average Bonchev–Trinajstić information content (AvgIpc) is 3.04. The SMILES string of the molecule is FC(F)(F)c1ccc(-c2ccc(-c3ccc4cc(-c5ccc(-c6cccc7cccnc67)cc5)ccc4c3)cc2)cc1. The third-order valence-corrected chi connectivity index (χ3v) is 7.77. The molecule has 0 atom stereocenters. The lowest BCUT2D eigenvalue weighted by molar-refractivity contribution is -0.137. The zero-order valence-electron chi connectivity index (χ0n) is 22.4. The van der Waals surface area contributed by atoms with Gasteiger partial charge < -0.3 is 0 Å². The Balaban J connectivity index is 1.12.